The molecule has 0 aliphatic carbocycles. The third kappa shape index (κ3) is 3.31. The Kier molecular flexibility index (Phi) is 5.03. The zero-order chi connectivity index (χ0) is 21.4. The number of ether oxygens (including phenoxy) is 1. The zero-order valence-electron chi connectivity index (χ0n) is 17.1. The minimum Gasteiger partial charge on any atom is -0.447 e. The van der Waals surface area contributed by atoms with Gasteiger partial charge < -0.3 is 4.74 Å². The Balaban J connectivity index is 1.81. The van der Waals surface area contributed by atoms with Gasteiger partial charge in [-0.05, 0) is 23.1 Å². The van der Waals surface area contributed by atoms with Crippen LogP contribution in [0.3, 0.4) is 0 Å². The molecule has 0 saturated carbocycles. The van der Waals surface area contributed by atoms with Gasteiger partial charge in [0.1, 0.15) is 0 Å². The summed E-state index contributed by atoms with van der Waals surface area (Å²) < 4.78 is 6.49. The van der Waals surface area contributed by atoms with Crippen LogP contribution >= 0.6 is 11.8 Å². The molecule has 6 nitrogen and oxygen atoms in total. The molecule has 0 fully saturated rings. The summed E-state index contributed by atoms with van der Waals surface area (Å²) in [6.07, 6.45) is 1.54. The van der Waals surface area contributed by atoms with Crippen LogP contribution in [-0.4, -0.2) is 27.3 Å². The van der Waals surface area contributed by atoms with E-state index in [1.54, 1.807) is 4.90 Å². The second kappa shape index (κ2) is 8.00. The molecule has 154 valence electrons. The molecule has 5 rings (SSSR count). The van der Waals surface area contributed by atoms with Crippen LogP contribution in [0.5, 0.6) is 5.88 Å². The molecular weight excluding hydrogens is 408 g/mol. The lowest BCUT2D eigenvalue weighted by atomic mass is 10.0. The number of fused-ring (bicyclic) bond motifs is 4. The Morgan fingerprint density at radius 3 is 2.65 bits per heavy atom. The van der Waals surface area contributed by atoms with Crippen LogP contribution in [0.2, 0.25) is 0 Å². The number of carbonyl (C=O) groups excluding carboxylic acids is 1. The second-order valence-electron chi connectivity index (χ2n) is 7.13. The van der Waals surface area contributed by atoms with Crippen molar-refractivity contribution in [3.63, 3.8) is 0 Å². The van der Waals surface area contributed by atoms with E-state index in [1.165, 1.54) is 11.8 Å². The number of para-hydroxylation sites is 1. The number of hydrogen-bond donors (Lipinski definition) is 0. The molecule has 1 aliphatic rings. The molecule has 0 N–H and O–H groups in total. The highest BCUT2D eigenvalue weighted by Gasteiger charge is 2.35. The first-order valence-electron chi connectivity index (χ1n) is 10.1. The fraction of sp³-hybridized carbons (Fsp3) is 0.167. The van der Waals surface area contributed by atoms with Gasteiger partial charge in [0.2, 0.25) is 23.2 Å². The van der Waals surface area contributed by atoms with E-state index in [0.29, 0.717) is 23.2 Å². The first-order chi connectivity index (χ1) is 15.2. The molecule has 31 heavy (non-hydrogen) atoms. The Morgan fingerprint density at radius 1 is 1.03 bits per heavy atom. The summed E-state index contributed by atoms with van der Waals surface area (Å²) in [5.74, 6) is 0.326. The SMILES string of the molecule is CCC(=O)N1c2ccccc2-c2nnc(SC)nc2O[C@H]1c1cccc2ccccc12. The average Bonchev–Trinajstić information content (AvgIpc) is 2.97. The van der Waals surface area contributed by atoms with Crippen LogP contribution in [0.25, 0.3) is 22.0 Å². The predicted molar refractivity (Wildman–Crippen MR) is 122 cm³/mol. The molecule has 0 saturated heterocycles. The molecule has 0 spiro atoms. The van der Waals surface area contributed by atoms with Crippen LogP contribution in [-0.2, 0) is 4.79 Å². The smallest absolute Gasteiger partial charge is 0.247 e. The molecule has 0 bridgehead atoms. The fourth-order valence-corrected chi connectivity index (χ4v) is 4.20. The van der Waals surface area contributed by atoms with Gasteiger partial charge in [0, 0.05) is 17.5 Å². The number of anilines is 1. The summed E-state index contributed by atoms with van der Waals surface area (Å²) in [5.41, 5.74) is 2.94. The summed E-state index contributed by atoms with van der Waals surface area (Å²) in [7, 11) is 0. The summed E-state index contributed by atoms with van der Waals surface area (Å²) in [5, 5.41) is 11.2. The summed E-state index contributed by atoms with van der Waals surface area (Å²) >= 11 is 1.40. The monoisotopic (exact) mass is 428 g/mol. The molecule has 0 radical (unpaired) electrons. The minimum absolute atomic E-state index is 0.0451. The van der Waals surface area contributed by atoms with Crippen LogP contribution < -0.4 is 9.64 Å². The Hall–Kier alpha value is -3.45. The highest BCUT2D eigenvalue weighted by molar-refractivity contribution is 7.98. The molecule has 0 unspecified atom stereocenters. The van der Waals surface area contributed by atoms with E-state index in [4.69, 9.17) is 4.74 Å². The number of amides is 1. The molecular formula is C24H20N4O2S. The van der Waals surface area contributed by atoms with Crippen molar-refractivity contribution >= 4 is 34.1 Å². The lowest BCUT2D eigenvalue weighted by Crippen LogP contribution is -2.37. The maximum Gasteiger partial charge on any atom is 0.247 e. The van der Waals surface area contributed by atoms with Crippen molar-refractivity contribution in [3.8, 4) is 17.1 Å². The van der Waals surface area contributed by atoms with Gasteiger partial charge in [-0.1, -0.05) is 79.3 Å². The molecule has 2 heterocycles. The number of rotatable bonds is 3. The molecule has 1 aliphatic heterocycles. The van der Waals surface area contributed by atoms with Crippen molar-refractivity contribution in [1.29, 1.82) is 0 Å². The van der Waals surface area contributed by atoms with Crippen LogP contribution in [0.4, 0.5) is 5.69 Å². The molecule has 3 aromatic carbocycles. The number of benzene rings is 3. The summed E-state index contributed by atoms with van der Waals surface area (Å²) in [6.45, 7) is 1.85. The van der Waals surface area contributed by atoms with Crippen LogP contribution in [0, 0.1) is 0 Å². The van der Waals surface area contributed by atoms with E-state index in [9.17, 15) is 4.79 Å². The zero-order valence-corrected chi connectivity index (χ0v) is 18.0. The third-order valence-corrected chi connectivity index (χ3v) is 5.89. The molecule has 1 aromatic heterocycles. The van der Waals surface area contributed by atoms with Gasteiger partial charge in [-0.2, -0.15) is 4.98 Å². The second-order valence-corrected chi connectivity index (χ2v) is 7.90. The number of nitrogens with zero attached hydrogens (tertiary/aromatic N) is 4. The molecule has 1 amide bonds. The quantitative estimate of drug-likeness (QED) is 0.415. The number of aromatic nitrogens is 3. The van der Waals surface area contributed by atoms with Crippen molar-refractivity contribution in [2.24, 2.45) is 0 Å². The van der Waals surface area contributed by atoms with Crippen molar-refractivity contribution < 1.29 is 9.53 Å². The maximum atomic E-state index is 13.3. The van der Waals surface area contributed by atoms with E-state index in [1.807, 2.05) is 67.8 Å². The first kappa shape index (κ1) is 19.5. The van der Waals surface area contributed by atoms with Crippen LogP contribution in [0.15, 0.2) is 71.9 Å². The normalized spacial score (nSPS) is 15.0. The van der Waals surface area contributed by atoms with Gasteiger partial charge >= 0.3 is 0 Å². The maximum absolute atomic E-state index is 13.3. The number of carbonyl (C=O) groups is 1. The Bertz CT molecular complexity index is 1290. The Morgan fingerprint density at radius 2 is 1.81 bits per heavy atom. The number of hydrogen-bond acceptors (Lipinski definition) is 6. The van der Waals surface area contributed by atoms with Gasteiger partial charge in [-0.15, -0.1) is 10.2 Å². The molecule has 4 aromatic rings. The third-order valence-electron chi connectivity index (χ3n) is 5.35. The highest BCUT2D eigenvalue weighted by atomic mass is 32.2. The van der Waals surface area contributed by atoms with E-state index in [2.05, 4.69) is 27.3 Å². The van der Waals surface area contributed by atoms with Gasteiger partial charge in [0.05, 0.1) is 5.69 Å². The first-order valence-corrected chi connectivity index (χ1v) is 11.3. The molecule has 7 heteroatoms. The van der Waals surface area contributed by atoms with Gasteiger partial charge in [0.25, 0.3) is 0 Å². The van der Waals surface area contributed by atoms with E-state index >= 15 is 0 Å². The lowest BCUT2D eigenvalue weighted by Gasteiger charge is -2.31. The van der Waals surface area contributed by atoms with Crippen molar-refractivity contribution in [3.05, 3.63) is 72.3 Å². The largest absolute Gasteiger partial charge is 0.447 e. The Labute approximate surface area is 184 Å². The molecule has 1 atom stereocenters. The van der Waals surface area contributed by atoms with Gasteiger partial charge in [-0.25, -0.2) is 0 Å². The van der Waals surface area contributed by atoms with E-state index in [-0.39, 0.29) is 5.91 Å². The van der Waals surface area contributed by atoms with E-state index in [0.717, 1.165) is 27.6 Å². The van der Waals surface area contributed by atoms with Crippen molar-refractivity contribution in [2.75, 3.05) is 11.2 Å². The summed E-state index contributed by atoms with van der Waals surface area (Å²) in [4.78, 5) is 19.6. The van der Waals surface area contributed by atoms with E-state index < -0.39 is 6.23 Å². The average molecular weight is 429 g/mol. The summed E-state index contributed by atoms with van der Waals surface area (Å²) in [6, 6.07) is 21.8. The van der Waals surface area contributed by atoms with Gasteiger partial charge in [0.15, 0.2) is 5.69 Å². The standard InChI is InChI=1S/C24H20N4O2S/c1-3-20(29)28-19-14-7-6-12-18(19)21-22(25-24(31-2)27-26-21)30-23(28)17-13-8-10-15-9-4-5-11-16(15)17/h4-14,23H,3H2,1-2H3/t23-/m0/s1. The van der Waals surface area contributed by atoms with Crippen molar-refractivity contribution in [1.82, 2.24) is 15.2 Å². The predicted octanol–water partition coefficient (Wildman–Crippen LogP) is 5.25. The lowest BCUT2D eigenvalue weighted by molar-refractivity contribution is -0.120. The van der Waals surface area contributed by atoms with Gasteiger partial charge in [-0.3, -0.25) is 9.69 Å². The highest BCUT2D eigenvalue weighted by Crippen LogP contribution is 2.44. The number of thioether (sulfide) groups is 1. The minimum atomic E-state index is -0.688. The van der Waals surface area contributed by atoms with Crippen LogP contribution in [0.1, 0.15) is 25.1 Å². The van der Waals surface area contributed by atoms with Crippen molar-refractivity contribution in [2.45, 2.75) is 24.7 Å². The topological polar surface area (TPSA) is 68.2 Å². The fourth-order valence-electron chi connectivity index (χ4n) is 3.91.